The van der Waals surface area contributed by atoms with Gasteiger partial charge in [0.05, 0.1) is 18.3 Å². The largest absolute Gasteiger partial charge is 0.347 e. The summed E-state index contributed by atoms with van der Waals surface area (Å²) < 4.78 is 0. The lowest BCUT2D eigenvalue weighted by atomic mass is 10.1. The van der Waals surface area contributed by atoms with Crippen LogP contribution in [0.2, 0.25) is 0 Å². The summed E-state index contributed by atoms with van der Waals surface area (Å²) in [4.78, 5) is 18.7. The van der Waals surface area contributed by atoms with Gasteiger partial charge >= 0.3 is 0 Å². The Kier molecular flexibility index (Phi) is 5.70. The molecule has 116 valence electrons. The Morgan fingerprint density at radius 3 is 2.90 bits per heavy atom. The van der Waals surface area contributed by atoms with Gasteiger partial charge in [0.15, 0.2) is 0 Å². The Balaban J connectivity index is 1.85. The highest BCUT2D eigenvalue weighted by atomic mass is 16.2. The summed E-state index contributed by atoms with van der Waals surface area (Å²) in [6, 6.07) is 4.38. The van der Waals surface area contributed by atoms with E-state index in [1.165, 1.54) is 0 Å². The second kappa shape index (κ2) is 7.52. The fourth-order valence-electron chi connectivity index (χ4n) is 2.91. The van der Waals surface area contributed by atoms with Crippen LogP contribution < -0.4 is 10.6 Å². The molecule has 1 unspecified atom stereocenters. The number of pyridine rings is 1. The molecule has 2 N–H and O–H groups in total. The first-order valence-electron chi connectivity index (χ1n) is 7.69. The van der Waals surface area contributed by atoms with Crippen LogP contribution in [-0.2, 0) is 4.79 Å². The molecule has 1 aromatic heterocycles. The van der Waals surface area contributed by atoms with Crippen molar-refractivity contribution in [3.63, 3.8) is 0 Å². The SMILES string of the molecule is Cc1cccnc1C(C)NC(=O)CN(C)C1CCNCC1. The van der Waals surface area contributed by atoms with E-state index in [4.69, 9.17) is 0 Å². The summed E-state index contributed by atoms with van der Waals surface area (Å²) in [7, 11) is 2.03. The monoisotopic (exact) mass is 290 g/mol. The van der Waals surface area contributed by atoms with Crippen LogP contribution in [0.1, 0.15) is 37.1 Å². The van der Waals surface area contributed by atoms with Crippen molar-refractivity contribution in [2.24, 2.45) is 0 Å². The molecule has 1 fully saturated rings. The Morgan fingerprint density at radius 2 is 2.24 bits per heavy atom. The minimum Gasteiger partial charge on any atom is -0.347 e. The molecular formula is C16H26N4O. The first kappa shape index (κ1) is 15.9. The zero-order chi connectivity index (χ0) is 15.2. The Hall–Kier alpha value is -1.46. The fourth-order valence-corrected chi connectivity index (χ4v) is 2.91. The first-order chi connectivity index (χ1) is 10.1. The lowest BCUT2D eigenvalue weighted by molar-refractivity contribution is -0.123. The topological polar surface area (TPSA) is 57.3 Å². The van der Waals surface area contributed by atoms with Gasteiger partial charge in [0.1, 0.15) is 0 Å². The van der Waals surface area contributed by atoms with Crippen molar-refractivity contribution in [2.75, 3.05) is 26.7 Å². The summed E-state index contributed by atoms with van der Waals surface area (Å²) in [5.41, 5.74) is 2.05. The van der Waals surface area contributed by atoms with Crippen LogP contribution in [0.25, 0.3) is 0 Å². The second-order valence-corrected chi connectivity index (χ2v) is 5.89. The van der Waals surface area contributed by atoms with Gasteiger partial charge in [-0.2, -0.15) is 0 Å². The van der Waals surface area contributed by atoms with Gasteiger partial charge < -0.3 is 10.6 Å². The number of aromatic nitrogens is 1. The van der Waals surface area contributed by atoms with Crippen LogP contribution in [0.15, 0.2) is 18.3 Å². The molecule has 0 aromatic carbocycles. The quantitative estimate of drug-likeness (QED) is 0.857. The predicted molar refractivity (Wildman–Crippen MR) is 84.1 cm³/mol. The number of carbonyl (C=O) groups is 1. The molecule has 1 atom stereocenters. The van der Waals surface area contributed by atoms with Crippen molar-refractivity contribution in [3.05, 3.63) is 29.6 Å². The lowest BCUT2D eigenvalue weighted by Gasteiger charge is -2.31. The van der Waals surface area contributed by atoms with Crippen molar-refractivity contribution >= 4 is 5.91 Å². The van der Waals surface area contributed by atoms with Gasteiger partial charge in [-0.15, -0.1) is 0 Å². The second-order valence-electron chi connectivity index (χ2n) is 5.89. The molecule has 1 aliphatic rings. The van der Waals surface area contributed by atoms with Gasteiger partial charge in [-0.1, -0.05) is 6.07 Å². The van der Waals surface area contributed by atoms with E-state index in [2.05, 4.69) is 20.5 Å². The third-order valence-corrected chi connectivity index (χ3v) is 4.16. The standard InChI is InChI=1S/C16H26N4O/c1-12-5-4-8-18-16(12)13(2)19-15(21)11-20(3)14-6-9-17-10-7-14/h4-5,8,13-14,17H,6-7,9-11H2,1-3H3,(H,19,21). The fraction of sp³-hybridized carbons (Fsp3) is 0.625. The van der Waals surface area contributed by atoms with Gasteiger partial charge in [0, 0.05) is 12.2 Å². The Morgan fingerprint density at radius 1 is 1.52 bits per heavy atom. The van der Waals surface area contributed by atoms with Crippen molar-refractivity contribution in [1.82, 2.24) is 20.5 Å². The molecule has 0 spiro atoms. The number of piperidine rings is 1. The highest BCUT2D eigenvalue weighted by Gasteiger charge is 2.20. The average Bonchev–Trinajstić information content (AvgIpc) is 2.48. The molecule has 0 radical (unpaired) electrons. The molecular weight excluding hydrogens is 264 g/mol. The summed E-state index contributed by atoms with van der Waals surface area (Å²) in [6.07, 6.45) is 3.99. The normalized spacial score (nSPS) is 17.7. The van der Waals surface area contributed by atoms with E-state index in [0.29, 0.717) is 12.6 Å². The Bertz CT molecular complexity index is 471. The minimum absolute atomic E-state index is 0.0554. The van der Waals surface area contributed by atoms with E-state index >= 15 is 0 Å². The molecule has 5 heteroatoms. The van der Waals surface area contributed by atoms with Gasteiger partial charge in [-0.25, -0.2) is 0 Å². The van der Waals surface area contributed by atoms with E-state index in [-0.39, 0.29) is 11.9 Å². The number of aryl methyl sites for hydroxylation is 1. The number of amides is 1. The lowest BCUT2D eigenvalue weighted by Crippen LogP contribution is -2.45. The summed E-state index contributed by atoms with van der Waals surface area (Å²) in [5, 5.41) is 6.40. The first-order valence-corrected chi connectivity index (χ1v) is 7.69. The average molecular weight is 290 g/mol. The molecule has 1 aromatic rings. The molecule has 0 bridgehead atoms. The van der Waals surface area contributed by atoms with E-state index in [1.807, 2.05) is 33.0 Å². The van der Waals surface area contributed by atoms with Crippen molar-refractivity contribution in [2.45, 2.75) is 38.8 Å². The molecule has 1 amide bonds. The molecule has 21 heavy (non-hydrogen) atoms. The van der Waals surface area contributed by atoms with Crippen molar-refractivity contribution < 1.29 is 4.79 Å². The number of hydrogen-bond donors (Lipinski definition) is 2. The van der Waals surface area contributed by atoms with E-state index in [0.717, 1.165) is 37.2 Å². The Labute approximate surface area is 127 Å². The maximum absolute atomic E-state index is 12.2. The van der Waals surface area contributed by atoms with E-state index < -0.39 is 0 Å². The van der Waals surface area contributed by atoms with Gasteiger partial charge in [0.25, 0.3) is 0 Å². The highest BCUT2D eigenvalue weighted by molar-refractivity contribution is 5.78. The van der Waals surface area contributed by atoms with E-state index in [9.17, 15) is 4.79 Å². The molecule has 0 aliphatic carbocycles. The zero-order valence-electron chi connectivity index (χ0n) is 13.2. The van der Waals surface area contributed by atoms with Crippen LogP contribution in [0, 0.1) is 6.92 Å². The minimum atomic E-state index is -0.0554. The van der Waals surface area contributed by atoms with Gasteiger partial charge in [-0.05, 0) is 58.5 Å². The molecule has 2 rings (SSSR count). The van der Waals surface area contributed by atoms with Crippen LogP contribution in [0.5, 0.6) is 0 Å². The number of nitrogens with one attached hydrogen (secondary N) is 2. The van der Waals surface area contributed by atoms with Crippen LogP contribution in [-0.4, -0.2) is 48.5 Å². The summed E-state index contributed by atoms with van der Waals surface area (Å²) in [5.74, 6) is 0.0635. The zero-order valence-corrected chi connectivity index (χ0v) is 13.2. The van der Waals surface area contributed by atoms with Gasteiger partial charge in [0.2, 0.25) is 5.91 Å². The number of rotatable bonds is 5. The third kappa shape index (κ3) is 4.51. The highest BCUT2D eigenvalue weighted by Crippen LogP contribution is 2.14. The predicted octanol–water partition coefficient (Wildman–Crippen LogP) is 1.25. The maximum atomic E-state index is 12.2. The summed E-state index contributed by atoms with van der Waals surface area (Å²) >= 11 is 0. The maximum Gasteiger partial charge on any atom is 0.234 e. The smallest absolute Gasteiger partial charge is 0.234 e. The van der Waals surface area contributed by atoms with Crippen LogP contribution >= 0.6 is 0 Å². The summed E-state index contributed by atoms with van der Waals surface area (Å²) in [6.45, 7) is 6.53. The molecule has 1 aliphatic heterocycles. The number of hydrogen-bond acceptors (Lipinski definition) is 4. The van der Waals surface area contributed by atoms with Crippen LogP contribution in [0.3, 0.4) is 0 Å². The third-order valence-electron chi connectivity index (χ3n) is 4.16. The number of nitrogens with zero attached hydrogens (tertiary/aromatic N) is 2. The molecule has 1 saturated heterocycles. The molecule has 5 nitrogen and oxygen atoms in total. The number of likely N-dealkylation sites (N-methyl/N-ethyl adjacent to an activating group) is 1. The molecule has 0 saturated carbocycles. The van der Waals surface area contributed by atoms with Crippen molar-refractivity contribution in [3.8, 4) is 0 Å². The van der Waals surface area contributed by atoms with Gasteiger partial charge in [-0.3, -0.25) is 14.7 Å². The van der Waals surface area contributed by atoms with E-state index in [1.54, 1.807) is 6.20 Å². The van der Waals surface area contributed by atoms with Crippen molar-refractivity contribution in [1.29, 1.82) is 0 Å². The number of carbonyl (C=O) groups excluding carboxylic acids is 1. The molecule has 2 heterocycles. The van der Waals surface area contributed by atoms with Crippen LogP contribution in [0.4, 0.5) is 0 Å².